The summed E-state index contributed by atoms with van der Waals surface area (Å²) in [5, 5.41) is 4.51. The van der Waals surface area contributed by atoms with E-state index in [1.165, 1.54) is 5.39 Å². The van der Waals surface area contributed by atoms with Crippen LogP contribution in [-0.2, 0) is 0 Å². The SMILES string of the molecule is c1ccc(-c2nc3ccc4cc(-c5nccc6ccccc56)ccc4c3o2)cc1. The zero-order valence-corrected chi connectivity index (χ0v) is 15.5. The molecule has 4 aromatic carbocycles. The third kappa shape index (κ3) is 2.59. The topological polar surface area (TPSA) is 38.9 Å². The molecule has 6 rings (SSSR count). The quantitative estimate of drug-likeness (QED) is 0.333. The first-order valence-electron chi connectivity index (χ1n) is 9.60. The summed E-state index contributed by atoms with van der Waals surface area (Å²) in [6.07, 6.45) is 1.87. The number of nitrogens with zero attached hydrogens (tertiary/aromatic N) is 2. The lowest BCUT2D eigenvalue weighted by Crippen LogP contribution is -1.86. The number of pyridine rings is 1. The molecule has 0 aliphatic carbocycles. The van der Waals surface area contributed by atoms with E-state index in [-0.39, 0.29) is 0 Å². The first-order valence-corrected chi connectivity index (χ1v) is 9.60. The number of hydrogen-bond donors (Lipinski definition) is 0. The third-order valence-corrected chi connectivity index (χ3v) is 5.34. The second kappa shape index (κ2) is 6.28. The Balaban J connectivity index is 1.54. The van der Waals surface area contributed by atoms with Crippen LogP contribution < -0.4 is 0 Å². The predicted molar refractivity (Wildman–Crippen MR) is 118 cm³/mol. The molecule has 0 aliphatic heterocycles. The van der Waals surface area contributed by atoms with Crippen LogP contribution in [0.25, 0.3) is 55.4 Å². The Bertz CT molecular complexity index is 1490. The van der Waals surface area contributed by atoms with Gasteiger partial charge in [-0.25, -0.2) is 4.98 Å². The maximum atomic E-state index is 6.16. The van der Waals surface area contributed by atoms with Crippen LogP contribution in [0.15, 0.2) is 102 Å². The van der Waals surface area contributed by atoms with Gasteiger partial charge in [0.05, 0.1) is 5.69 Å². The Hall–Kier alpha value is -3.98. The molecule has 2 aromatic heterocycles. The molecule has 6 aromatic rings. The lowest BCUT2D eigenvalue weighted by molar-refractivity contribution is 0.623. The van der Waals surface area contributed by atoms with Crippen LogP contribution in [0.3, 0.4) is 0 Å². The average Bonchev–Trinajstić information content (AvgIpc) is 3.24. The van der Waals surface area contributed by atoms with Crippen molar-refractivity contribution in [2.24, 2.45) is 0 Å². The lowest BCUT2D eigenvalue weighted by Gasteiger charge is -2.07. The van der Waals surface area contributed by atoms with Crippen molar-refractivity contribution in [3.05, 3.63) is 97.2 Å². The summed E-state index contributed by atoms with van der Waals surface area (Å²) in [6.45, 7) is 0. The standard InChI is InChI=1S/C26H16N2O/c1-2-7-18(8-3-1)26-28-23-13-11-19-16-20(10-12-22(19)25(23)29-26)24-21-9-5-4-6-17(21)14-15-27-24/h1-16H. The van der Waals surface area contributed by atoms with Gasteiger partial charge in [0.2, 0.25) is 5.89 Å². The minimum Gasteiger partial charge on any atom is -0.435 e. The van der Waals surface area contributed by atoms with E-state index >= 15 is 0 Å². The van der Waals surface area contributed by atoms with Crippen LogP contribution in [0.5, 0.6) is 0 Å². The molecule has 0 radical (unpaired) electrons. The van der Waals surface area contributed by atoms with E-state index in [1.54, 1.807) is 0 Å². The summed E-state index contributed by atoms with van der Waals surface area (Å²) in [6, 6.07) is 30.9. The summed E-state index contributed by atoms with van der Waals surface area (Å²) < 4.78 is 6.16. The van der Waals surface area contributed by atoms with Crippen molar-refractivity contribution >= 4 is 32.6 Å². The molecular weight excluding hydrogens is 356 g/mol. The summed E-state index contributed by atoms with van der Waals surface area (Å²) >= 11 is 0. The fourth-order valence-electron chi connectivity index (χ4n) is 3.92. The second-order valence-electron chi connectivity index (χ2n) is 7.12. The molecule has 3 heteroatoms. The van der Waals surface area contributed by atoms with E-state index in [0.717, 1.165) is 44.1 Å². The highest BCUT2D eigenvalue weighted by Gasteiger charge is 2.12. The second-order valence-corrected chi connectivity index (χ2v) is 7.12. The molecule has 2 heterocycles. The van der Waals surface area contributed by atoms with E-state index < -0.39 is 0 Å². The van der Waals surface area contributed by atoms with E-state index in [9.17, 15) is 0 Å². The van der Waals surface area contributed by atoms with Crippen molar-refractivity contribution in [2.45, 2.75) is 0 Å². The van der Waals surface area contributed by atoms with Crippen LogP contribution >= 0.6 is 0 Å². The fourth-order valence-corrected chi connectivity index (χ4v) is 3.92. The molecule has 0 saturated heterocycles. The fraction of sp³-hybridized carbons (Fsp3) is 0. The number of hydrogen-bond acceptors (Lipinski definition) is 3. The molecule has 0 saturated carbocycles. The molecule has 29 heavy (non-hydrogen) atoms. The average molecular weight is 372 g/mol. The summed E-state index contributed by atoms with van der Waals surface area (Å²) in [7, 11) is 0. The van der Waals surface area contributed by atoms with Gasteiger partial charge in [0, 0.05) is 28.1 Å². The molecule has 0 atom stereocenters. The van der Waals surface area contributed by atoms with Gasteiger partial charge in [0.25, 0.3) is 0 Å². The zero-order chi connectivity index (χ0) is 19.2. The number of benzene rings is 4. The van der Waals surface area contributed by atoms with Gasteiger partial charge in [-0.1, -0.05) is 54.6 Å². The van der Waals surface area contributed by atoms with Gasteiger partial charge in [-0.15, -0.1) is 0 Å². The van der Waals surface area contributed by atoms with E-state index in [4.69, 9.17) is 4.42 Å². The summed E-state index contributed by atoms with van der Waals surface area (Å²) in [5.74, 6) is 0.646. The molecule has 0 bridgehead atoms. The third-order valence-electron chi connectivity index (χ3n) is 5.34. The first-order chi connectivity index (χ1) is 14.4. The van der Waals surface area contributed by atoms with Crippen molar-refractivity contribution < 1.29 is 4.42 Å². The van der Waals surface area contributed by atoms with Gasteiger partial charge in [0.15, 0.2) is 5.58 Å². The summed E-state index contributed by atoms with van der Waals surface area (Å²) in [4.78, 5) is 9.33. The van der Waals surface area contributed by atoms with Gasteiger partial charge in [-0.3, -0.25) is 4.98 Å². The highest BCUT2D eigenvalue weighted by Crippen LogP contribution is 2.33. The molecule has 0 spiro atoms. The van der Waals surface area contributed by atoms with Gasteiger partial charge in [-0.05, 0) is 47.2 Å². The minimum absolute atomic E-state index is 0.646. The minimum atomic E-state index is 0.646. The van der Waals surface area contributed by atoms with Crippen LogP contribution in [0.4, 0.5) is 0 Å². The van der Waals surface area contributed by atoms with E-state index in [0.29, 0.717) is 5.89 Å². The van der Waals surface area contributed by atoms with Gasteiger partial charge in [0.1, 0.15) is 5.52 Å². The Morgan fingerprint density at radius 2 is 1.48 bits per heavy atom. The molecule has 0 N–H and O–H groups in total. The molecule has 0 aliphatic rings. The van der Waals surface area contributed by atoms with Crippen LogP contribution in [-0.4, -0.2) is 9.97 Å². The molecule has 136 valence electrons. The molecule has 3 nitrogen and oxygen atoms in total. The normalized spacial score (nSPS) is 11.4. The van der Waals surface area contributed by atoms with Crippen LogP contribution in [0.1, 0.15) is 0 Å². The maximum absolute atomic E-state index is 6.16. The first kappa shape index (κ1) is 16.0. The number of fused-ring (bicyclic) bond motifs is 4. The van der Waals surface area contributed by atoms with Crippen LogP contribution in [0.2, 0.25) is 0 Å². The van der Waals surface area contributed by atoms with E-state index in [1.807, 2.05) is 48.7 Å². The monoisotopic (exact) mass is 372 g/mol. The number of oxazole rings is 1. The summed E-state index contributed by atoms with van der Waals surface area (Å²) in [5.41, 5.74) is 4.75. The van der Waals surface area contributed by atoms with Crippen molar-refractivity contribution in [3.8, 4) is 22.7 Å². The van der Waals surface area contributed by atoms with Gasteiger partial charge in [-0.2, -0.15) is 0 Å². The molecular formula is C26H16N2O. The predicted octanol–water partition coefficient (Wildman–Crippen LogP) is 6.86. The number of rotatable bonds is 2. The largest absolute Gasteiger partial charge is 0.435 e. The van der Waals surface area contributed by atoms with Crippen molar-refractivity contribution in [1.29, 1.82) is 0 Å². The van der Waals surface area contributed by atoms with Crippen molar-refractivity contribution in [3.63, 3.8) is 0 Å². The van der Waals surface area contributed by atoms with Crippen molar-refractivity contribution in [2.75, 3.05) is 0 Å². The zero-order valence-electron chi connectivity index (χ0n) is 15.5. The molecule has 0 fully saturated rings. The number of aromatic nitrogens is 2. The maximum Gasteiger partial charge on any atom is 0.227 e. The van der Waals surface area contributed by atoms with Gasteiger partial charge >= 0.3 is 0 Å². The Kier molecular flexibility index (Phi) is 3.47. The molecule has 0 amide bonds. The Labute approximate surface area is 167 Å². The highest BCUT2D eigenvalue weighted by atomic mass is 16.3. The smallest absolute Gasteiger partial charge is 0.227 e. The van der Waals surface area contributed by atoms with Crippen molar-refractivity contribution in [1.82, 2.24) is 9.97 Å². The Morgan fingerprint density at radius 1 is 0.621 bits per heavy atom. The highest BCUT2D eigenvalue weighted by molar-refractivity contribution is 6.05. The van der Waals surface area contributed by atoms with Crippen LogP contribution in [0, 0.1) is 0 Å². The van der Waals surface area contributed by atoms with E-state index in [2.05, 4.69) is 58.5 Å². The Morgan fingerprint density at radius 3 is 2.41 bits per heavy atom. The lowest BCUT2D eigenvalue weighted by atomic mass is 10.0. The van der Waals surface area contributed by atoms with Gasteiger partial charge < -0.3 is 4.42 Å². The molecule has 0 unspecified atom stereocenters.